The molecule has 0 aromatic heterocycles. The van der Waals surface area contributed by atoms with Gasteiger partial charge in [-0.2, -0.15) is 13.2 Å². The van der Waals surface area contributed by atoms with Crippen molar-refractivity contribution in [3.63, 3.8) is 0 Å². The van der Waals surface area contributed by atoms with Crippen molar-refractivity contribution in [2.45, 2.75) is 25.6 Å². The lowest BCUT2D eigenvalue weighted by Gasteiger charge is -2.16. The SMILES string of the molecule is CCc1cccc(C(O)c2cccc(C(F)(F)F)c2F)c1. The Kier molecular flexibility index (Phi) is 4.32. The minimum atomic E-state index is -4.79. The van der Waals surface area contributed by atoms with Gasteiger partial charge in [-0.1, -0.05) is 43.3 Å². The van der Waals surface area contributed by atoms with Crippen LogP contribution in [0.1, 0.15) is 35.3 Å². The lowest BCUT2D eigenvalue weighted by molar-refractivity contribution is -0.140. The van der Waals surface area contributed by atoms with Crippen LogP contribution in [0.5, 0.6) is 0 Å². The van der Waals surface area contributed by atoms with Gasteiger partial charge in [0.15, 0.2) is 0 Å². The Hall–Kier alpha value is -1.88. The van der Waals surface area contributed by atoms with Gasteiger partial charge < -0.3 is 5.11 Å². The van der Waals surface area contributed by atoms with E-state index in [2.05, 4.69) is 0 Å². The minimum absolute atomic E-state index is 0.368. The predicted octanol–water partition coefficient (Wildman–Crippen LogP) is 4.49. The predicted molar refractivity (Wildman–Crippen MR) is 71.3 cm³/mol. The number of aryl methyl sites for hydroxylation is 1. The van der Waals surface area contributed by atoms with E-state index in [0.717, 1.165) is 17.7 Å². The molecule has 2 rings (SSSR count). The molecule has 112 valence electrons. The van der Waals surface area contributed by atoms with Crippen LogP contribution >= 0.6 is 0 Å². The highest BCUT2D eigenvalue weighted by molar-refractivity contribution is 5.36. The van der Waals surface area contributed by atoms with E-state index >= 15 is 0 Å². The zero-order valence-corrected chi connectivity index (χ0v) is 11.3. The van der Waals surface area contributed by atoms with Crippen LogP contribution in [-0.2, 0) is 12.6 Å². The second-order valence-corrected chi connectivity index (χ2v) is 4.71. The summed E-state index contributed by atoms with van der Waals surface area (Å²) in [5.74, 6) is -1.43. The Balaban J connectivity index is 2.46. The molecule has 0 spiro atoms. The fourth-order valence-corrected chi connectivity index (χ4v) is 2.14. The van der Waals surface area contributed by atoms with Crippen LogP contribution < -0.4 is 0 Å². The van der Waals surface area contributed by atoms with Crippen LogP contribution in [0.3, 0.4) is 0 Å². The van der Waals surface area contributed by atoms with Gasteiger partial charge in [-0.3, -0.25) is 0 Å². The first-order valence-corrected chi connectivity index (χ1v) is 6.47. The van der Waals surface area contributed by atoms with Crippen LogP contribution in [-0.4, -0.2) is 5.11 Å². The highest BCUT2D eigenvalue weighted by Gasteiger charge is 2.35. The monoisotopic (exact) mass is 298 g/mol. The minimum Gasteiger partial charge on any atom is -0.384 e. The Morgan fingerprint density at radius 1 is 1.10 bits per heavy atom. The molecule has 0 aliphatic carbocycles. The molecule has 2 aromatic carbocycles. The van der Waals surface area contributed by atoms with E-state index in [1.54, 1.807) is 18.2 Å². The summed E-state index contributed by atoms with van der Waals surface area (Å²) in [7, 11) is 0. The van der Waals surface area contributed by atoms with Gasteiger partial charge in [-0.05, 0) is 23.6 Å². The number of hydrogen-bond donors (Lipinski definition) is 1. The highest BCUT2D eigenvalue weighted by Crippen LogP contribution is 2.35. The molecular weight excluding hydrogens is 284 g/mol. The lowest BCUT2D eigenvalue weighted by Crippen LogP contribution is -2.12. The van der Waals surface area contributed by atoms with E-state index in [9.17, 15) is 22.7 Å². The van der Waals surface area contributed by atoms with Gasteiger partial charge in [0.2, 0.25) is 0 Å². The molecule has 0 saturated carbocycles. The topological polar surface area (TPSA) is 20.2 Å². The second-order valence-electron chi connectivity index (χ2n) is 4.71. The van der Waals surface area contributed by atoms with Crippen molar-refractivity contribution >= 4 is 0 Å². The Morgan fingerprint density at radius 2 is 1.76 bits per heavy atom. The molecule has 0 saturated heterocycles. The summed E-state index contributed by atoms with van der Waals surface area (Å²) in [5, 5.41) is 10.2. The Bertz CT molecular complexity index is 634. The summed E-state index contributed by atoms with van der Waals surface area (Å²) < 4.78 is 52.1. The number of aliphatic hydroxyl groups is 1. The summed E-state index contributed by atoms with van der Waals surface area (Å²) in [6, 6.07) is 9.64. The third kappa shape index (κ3) is 3.24. The number of aliphatic hydroxyl groups excluding tert-OH is 1. The first-order valence-electron chi connectivity index (χ1n) is 6.47. The standard InChI is InChI=1S/C16H14F4O/c1-2-10-5-3-6-11(9-10)15(21)12-7-4-8-13(14(12)17)16(18,19)20/h3-9,15,21H,2H2,1H3. The first-order chi connectivity index (χ1) is 9.84. The fraction of sp³-hybridized carbons (Fsp3) is 0.250. The number of rotatable bonds is 3. The molecular formula is C16H14F4O. The van der Waals surface area contributed by atoms with Gasteiger partial charge >= 0.3 is 6.18 Å². The van der Waals surface area contributed by atoms with E-state index in [-0.39, 0.29) is 5.56 Å². The van der Waals surface area contributed by atoms with Gasteiger partial charge in [0, 0.05) is 5.56 Å². The van der Waals surface area contributed by atoms with Crippen molar-refractivity contribution in [3.05, 3.63) is 70.5 Å². The molecule has 0 bridgehead atoms. The molecule has 2 aromatic rings. The van der Waals surface area contributed by atoms with Gasteiger partial charge in [0.05, 0.1) is 5.56 Å². The maximum Gasteiger partial charge on any atom is 0.419 e. The molecule has 0 amide bonds. The molecule has 21 heavy (non-hydrogen) atoms. The first kappa shape index (κ1) is 15.5. The number of halogens is 4. The molecule has 1 atom stereocenters. The van der Waals surface area contributed by atoms with Crippen molar-refractivity contribution in [3.8, 4) is 0 Å². The third-order valence-corrected chi connectivity index (χ3v) is 3.30. The van der Waals surface area contributed by atoms with Crippen molar-refractivity contribution in [1.29, 1.82) is 0 Å². The molecule has 0 fully saturated rings. The molecule has 1 nitrogen and oxygen atoms in total. The van der Waals surface area contributed by atoms with Crippen LogP contribution in [0, 0.1) is 5.82 Å². The largest absolute Gasteiger partial charge is 0.419 e. The zero-order chi connectivity index (χ0) is 15.6. The third-order valence-electron chi connectivity index (χ3n) is 3.30. The maximum absolute atomic E-state index is 14.0. The van der Waals surface area contributed by atoms with Crippen molar-refractivity contribution in [2.24, 2.45) is 0 Å². The summed E-state index contributed by atoms with van der Waals surface area (Å²) >= 11 is 0. The highest BCUT2D eigenvalue weighted by atomic mass is 19.4. The molecule has 0 radical (unpaired) electrons. The average Bonchev–Trinajstić information content (AvgIpc) is 2.45. The number of alkyl halides is 3. The van der Waals surface area contributed by atoms with Crippen LogP contribution in [0.25, 0.3) is 0 Å². The van der Waals surface area contributed by atoms with Gasteiger partial charge in [-0.15, -0.1) is 0 Å². The summed E-state index contributed by atoms with van der Waals surface area (Å²) in [6.07, 6.45) is -5.50. The van der Waals surface area contributed by atoms with Crippen molar-refractivity contribution in [2.75, 3.05) is 0 Å². The average molecular weight is 298 g/mol. The van der Waals surface area contributed by atoms with Gasteiger partial charge in [0.25, 0.3) is 0 Å². The number of hydrogen-bond acceptors (Lipinski definition) is 1. The molecule has 0 aliphatic heterocycles. The quantitative estimate of drug-likeness (QED) is 0.828. The Labute approximate surface area is 119 Å². The lowest BCUT2D eigenvalue weighted by atomic mass is 9.97. The fourth-order valence-electron chi connectivity index (χ4n) is 2.14. The van der Waals surface area contributed by atoms with E-state index in [0.29, 0.717) is 18.1 Å². The molecule has 1 N–H and O–H groups in total. The normalized spacial score (nSPS) is 13.2. The second kappa shape index (κ2) is 5.85. The molecule has 5 heteroatoms. The van der Waals surface area contributed by atoms with E-state index in [1.807, 2.05) is 13.0 Å². The summed E-state index contributed by atoms with van der Waals surface area (Å²) in [4.78, 5) is 0. The van der Waals surface area contributed by atoms with Crippen LogP contribution in [0.15, 0.2) is 42.5 Å². The van der Waals surface area contributed by atoms with E-state index < -0.39 is 23.7 Å². The van der Waals surface area contributed by atoms with Crippen molar-refractivity contribution < 1.29 is 22.7 Å². The zero-order valence-electron chi connectivity index (χ0n) is 11.3. The molecule has 0 heterocycles. The summed E-state index contributed by atoms with van der Waals surface area (Å²) in [6.45, 7) is 1.91. The van der Waals surface area contributed by atoms with Gasteiger partial charge in [0.1, 0.15) is 11.9 Å². The summed E-state index contributed by atoms with van der Waals surface area (Å²) in [5.41, 5.74) is -0.463. The number of benzene rings is 2. The molecule has 0 aliphatic rings. The van der Waals surface area contributed by atoms with Crippen LogP contribution in [0.2, 0.25) is 0 Å². The van der Waals surface area contributed by atoms with Crippen molar-refractivity contribution in [1.82, 2.24) is 0 Å². The maximum atomic E-state index is 14.0. The van der Waals surface area contributed by atoms with E-state index in [1.165, 1.54) is 0 Å². The molecule has 1 unspecified atom stereocenters. The van der Waals surface area contributed by atoms with E-state index in [4.69, 9.17) is 0 Å². The van der Waals surface area contributed by atoms with Crippen LogP contribution in [0.4, 0.5) is 17.6 Å². The Morgan fingerprint density at radius 3 is 2.38 bits per heavy atom. The smallest absolute Gasteiger partial charge is 0.384 e. The van der Waals surface area contributed by atoms with Gasteiger partial charge in [-0.25, -0.2) is 4.39 Å².